The number of amides is 1. The van der Waals surface area contributed by atoms with Gasteiger partial charge in [-0.25, -0.2) is 4.98 Å². The Kier molecular flexibility index (Phi) is 4.77. The molecule has 4 heteroatoms. The number of imidazole rings is 1. The van der Waals surface area contributed by atoms with Gasteiger partial charge in [-0.3, -0.25) is 4.79 Å². The summed E-state index contributed by atoms with van der Waals surface area (Å²) in [5.41, 5.74) is 0.841. The van der Waals surface area contributed by atoms with Crippen LogP contribution in [0.15, 0.2) is 42.7 Å². The molecular formula is C15H15N3O. The molecule has 2 aromatic rings. The van der Waals surface area contributed by atoms with Gasteiger partial charge in [-0.1, -0.05) is 24.1 Å². The van der Waals surface area contributed by atoms with Gasteiger partial charge in [0.2, 0.25) is 0 Å². The summed E-state index contributed by atoms with van der Waals surface area (Å²) in [6, 6.07) is 9.45. The fraction of sp³-hybridized carbons (Fsp3) is 0.200. The van der Waals surface area contributed by atoms with E-state index in [0.717, 1.165) is 24.2 Å². The van der Waals surface area contributed by atoms with Crippen LogP contribution in [-0.4, -0.2) is 22.4 Å². The van der Waals surface area contributed by atoms with Gasteiger partial charge in [0.05, 0.1) is 0 Å². The first-order valence-corrected chi connectivity index (χ1v) is 6.18. The SMILES string of the molecule is O=C(C#Cc1ccccc1)NCCCc1ncc[nH]1. The zero-order valence-corrected chi connectivity index (χ0v) is 10.5. The highest BCUT2D eigenvalue weighted by Gasteiger charge is 1.97. The second-order valence-electron chi connectivity index (χ2n) is 4.01. The van der Waals surface area contributed by atoms with Gasteiger partial charge in [-0.15, -0.1) is 0 Å². The number of aryl methyl sites for hydroxylation is 1. The normalized spacial score (nSPS) is 9.47. The minimum absolute atomic E-state index is 0.247. The Morgan fingerprint density at radius 3 is 2.89 bits per heavy atom. The van der Waals surface area contributed by atoms with Crippen LogP contribution < -0.4 is 5.32 Å². The summed E-state index contributed by atoms with van der Waals surface area (Å²) in [5.74, 6) is 6.08. The van der Waals surface area contributed by atoms with Crippen molar-refractivity contribution >= 4 is 5.91 Å². The molecule has 0 aliphatic rings. The molecule has 1 heterocycles. The molecule has 0 aliphatic carbocycles. The third-order valence-corrected chi connectivity index (χ3v) is 2.52. The molecule has 1 aromatic heterocycles. The van der Waals surface area contributed by atoms with E-state index in [1.54, 1.807) is 12.4 Å². The van der Waals surface area contributed by atoms with E-state index in [-0.39, 0.29) is 5.91 Å². The highest BCUT2D eigenvalue weighted by atomic mass is 16.1. The lowest BCUT2D eigenvalue weighted by atomic mass is 10.2. The number of benzene rings is 1. The van der Waals surface area contributed by atoms with Crippen molar-refractivity contribution in [2.45, 2.75) is 12.8 Å². The maximum absolute atomic E-state index is 11.5. The van der Waals surface area contributed by atoms with Crippen molar-refractivity contribution in [3.05, 3.63) is 54.1 Å². The van der Waals surface area contributed by atoms with E-state index >= 15 is 0 Å². The van der Waals surface area contributed by atoms with Crippen LogP contribution in [0.2, 0.25) is 0 Å². The minimum Gasteiger partial charge on any atom is -0.349 e. The number of aromatic amines is 1. The number of nitrogens with zero attached hydrogens (tertiary/aromatic N) is 1. The molecule has 0 spiro atoms. The molecule has 0 fully saturated rings. The molecule has 0 atom stereocenters. The smallest absolute Gasteiger partial charge is 0.296 e. The van der Waals surface area contributed by atoms with Crippen LogP contribution in [0.25, 0.3) is 0 Å². The standard InChI is InChI=1S/C15H15N3O/c19-15(9-8-13-5-2-1-3-6-13)18-10-4-7-14-16-11-12-17-14/h1-3,5-6,11-12H,4,7,10H2,(H,16,17)(H,18,19). The molecule has 96 valence electrons. The van der Waals surface area contributed by atoms with Crippen molar-refractivity contribution in [1.82, 2.24) is 15.3 Å². The van der Waals surface area contributed by atoms with Crippen molar-refractivity contribution < 1.29 is 4.79 Å². The molecule has 0 saturated carbocycles. The summed E-state index contributed by atoms with van der Waals surface area (Å²) in [6.07, 6.45) is 5.17. The Bertz CT molecular complexity index is 564. The topological polar surface area (TPSA) is 57.8 Å². The Labute approximate surface area is 112 Å². The molecule has 1 aromatic carbocycles. The fourth-order valence-corrected chi connectivity index (χ4v) is 1.59. The maximum atomic E-state index is 11.5. The van der Waals surface area contributed by atoms with Gasteiger partial charge in [0.15, 0.2) is 0 Å². The van der Waals surface area contributed by atoms with Crippen molar-refractivity contribution in [1.29, 1.82) is 0 Å². The van der Waals surface area contributed by atoms with E-state index in [4.69, 9.17) is 0 Å². The van der Waals surface area contributed by atoms with Crippen molar-refractivity contribution in [2.75, 3.05) is 6.54 Å². The molecule has 0 saturated heterocycles. The maximum Gasteiger partial charge on any atom is 0.296 e. The zero-order chi connectivity index (χ0) is 13.3. The van der Waals surface area contributed by atoms with Crippen LogP contribution in [0, 0.1) is 11.8 Å². The number of carbonyl (C=O) groups is 1. The van der Waals surface area contributed by atoms with E-state index in [9.17, 15) is 4.79 Å². The largest absolute Gasteiger partial charge is 0.349 e. The third kappa shape index (κ3) is 4.68. The van der Waals surface area contributed by atoms with Gasteiger partial charge in [0, 0.05) is 36.8 Å². The van der Waals surface area contributed by atoms with Crippen LogP contribution >= 0.6 is 0 Å². The number of hydrogen-bond acceptors (Lipinski definition) is 2. The first-order chi connectivity index (χ1) is 9.34. The van der Waals surface area contributed by atoms with Gasteiger partial charge in [0.25, 0.3) is 5.91 Å². The second kappa shape index (κ2) is 7.02. The van der Waals surface area contributed by atoms with E-state index in [1.807, 2.05) is 30.3 Å². The predicted octanol–water partition coefficient (Wildman–Crippen LogP) is 1.51. The van der Waals surface area contributed by atoms with Gasteiger partial charge >= 0.3 is 0 Å². The molecule has 1 amide bonds. The lowest BCUT2D eigenvalue weighted by Gasteiger charge is -1.99. The third-order valence-electron chi connectivity index (χ3n) is 2.52. The highest BCUT2D eigenvalue weighted by molar-refractivity contribution is 5.94. The Balaban J connectivity index is 1.69. The zero-order valence-electron chi connectivity index (χ0n) is 10.5. The molecular weight excluding hydrogens is 238 g/mol. The average molecular weight is 253 g/mol. The van der Waals surface area contributed by atoms with E-state index in [0.29, 0.717) is 6.54 Å². The molecule has 2 N–H and O–H groups in total. The van der Waals surface area contributed by atoms with Crippen molar-refractivity contribution in [3.63, 3.8) is 0 Å². The minimum atomic E-state index is -0.247. The monoisotopic (exact) mass is 253 g/mol. The van der Waals surface area contributed by atoms with Crippen molar-refractivity contribution in [2.24, 2.45) is 0 Å². The average Bonchev–Trinajstić information content (AvgIpc) is 2.96. The lowest BCUT2D eigenvalue weighted by Crippen LogP contribution is -2.23. The van der Waals surface area contributed by atoms with Gasteiger partial charge in [-0.05, 0) is 18.6 Å². The summed E-state index contributed by atoms with van der Waals surface area (Å²) in [4.78, 5) is 18.6. The van der Waals surface area contributed by atoms with Crippen LogP contribution in [0.5, 0.6) is 0 Å². The number of hydrogen-bond donors (Lipinski definition) is 2. The van der Waals surface area contributed by atoms with Crippen molar-refractivity contribution in [3.8, 4) is 11.8 Å². The van der Waals surface area contributed by atoms with Gasteiger partial charge < -0.3 is 10.3 Å². The Morgan fingerprint density at radius 1 is 1.32 bits per heavy atom. The summed E-state index contributed by atoms with van der Waals surface area (Å²) < 4.78 is 0. The molecule has 0 radical (unpaired) electrons. The number of carbonyl (C=O) groups excluding carboxylic acids is 1. The van der Waals surface area contributed by atoms with E-state index < -0.39 is 0 Å². The van der Waals surface area contributed by atoms with Crippen LogP contribution in [0.4, 0.5) is 0 Å². The molecule has 0 unspecified atom stereocenters. The van der Waals surface area contributed by atoms with E-state index in [2.05, 4.69) is 27.1 Å². The van der Waals surface area contributed by atoms with E-state index in [1.165, 1.54) is 0 Å². The van der Waals surface area contributed by atoms with Gasteiger partial charge in [-0.2, -0.15) is 0 Å². The number of H-pyrrole nitrogens is 1. The molecule has 19 heavy (non-hydrogen) atoms. The lowest BCUT2D eigenvalue weighted by molar-refractivity contribution is -0.115. The second-order valence-corrected chi connectivity index (χ2v) is 4.01. The molecule has 2 rings (SSSR count). The van der Waals surface area contributed by atoms with Crippen LogP contribution in [0.1, 0.15) is 17.8 Å². The summed E-state index contributed by atoms with van der Waals surface area (Å²) in [5, 5.41) is 2.76. The number of rotatable bonds is 4. The molecule has 4 nitrogen and oxygen atoms in total. The fourth-order valence-electron chi connectivity index (χ4n) is 1.59. The Hall–Kier alpha value is -2.54. The van der Waals surface area contributed by atoms with Gasteiger partial charge in [0.1, 0.15) is 5.82 Å². The molecule has 0 aliphatic heterocycles. The van der Waals surface area contributed by atoms with Crippen LogP contribution in [0.3, 0.4) is 0 Å². The summed E-state index contributed by atoms with van der Waals surface area (Å²) in [7, 11) is 0. The number of nitrogens with one attached hydrogen (secondary N) is 2. The first kappa shape index (κ1) is 12.9. The highest BCUT2D eigenvalue weighted by Crippen LogP contribution is 1.95. The predicted molar refractivity (Wildman–Crippen MR) is 73.2 cm³/mol. The number of aromatic nitrogens is 2. The Morgan fingerprint density at radius 2 is 2.16 bits per heavy atom. The first-order valence-electron chi connectivity index (χ1n) is 6.18. The van der Waals surface area contributed by atoms with Crippen LogP contribution in [-0.2, 0) is 11.2 Å². The summed E-state index contributed by atoms with van der Waals surface area (Å²) >= 11 is 0. The summed E-state index contributed by atoms with van der Waals surface area (Å²) in [6.45, 7) is 0.600. The molecule has 0 bridgehead atoms. The quantitative estimate of drug-likeness (QED) is 0.641.